The number of morpholine rings is 1. The summed E-state index contributed by atoms with van der Waals surface area (Å²) in [5.41, 5.74) is 1.24. The molecule has 1 aliphatic heterocycles. The fraction of sp³-hybridized carbons (Fsp3) is 0.500. The van der Waals surface area contributed by atoms with Gasteiger partial charge in [0.05, 0.1) is 18.9 Å². The molecular weight excluding hydrogens is 164 g/mol. The zero-order valence-electron chi connectivity index (χ0n) is 7.49. The van der Waals surface area contributed by atoms with Crippen molar-refractivity contribution in [3.05, 3.63) is 30.1 Å². The van der Waals surface area contributed by atoms with Crippen molar-refractivity contribution in [2.75, 3.05) is 19.7 Å². The highest BCUT2D eigenvalue weighted by Crippen LogP contribution is 2.05. The summed E-state index contributed by atoms with van der Waals surface area (Å²) in [6, 6.07) is 3.92. The van der Waals surface area contributed by atoms with Gasteiger partial charge in [-0.2, -0.15) is 0 Å². The largest absolute Gasteiger partial charge is 0.375 e. The Kier molecular flexibility index (Phi) is 2.90. The summed E-state index contributed by atoms with van der Waals surface area (Å²) in [7, 11) is 0. The predicted octanol–water partition coefficient (Wildman–Crippen LogP) is 0.413. The van der Waals surface area contributed by atoms with Crippen molar-refractivity contribution >= 4 is 0 Å². The van der Waals surface area contributed by atoms with Crippen LogP contribution in [0.4, 0.5) is 0 Å². The summed E-state index contributed by atoms with van der Waals surface area (Å²) >= 11 is 0. The van der Waals surface area contributed by atoms with Crippen LogP contribution in [0.3, 0.4) is 0 Å². The predicted molar refractivity (Wildman–Crippen MR) is 49.4 cm³/mol. The second-order valence-corrected chi connectivity index (χ2v) is 3.19. The molecule has 1 N–H and O–H groups in total. The molecule has 0 saturated carbocycles. The smallest absolute Gasteiger partial charge is 0.0888 e. The molecule has 0 spiro atoms. The van der Waals surface area contributed by atoms with Crippen LogP contribution in [-0.2, 0) is 11.2 Å². The van der Waals surface area contributed by atoms with Crippen LogP contribution in [-0.4, -0.2) is 30.8 Å². The van der Waals surface area contributed by atoms with E-state index < -0.39 is 0 Å². The van der Waals surface area contributed by atoms with E-state index in [0.717, 1.165) is 26.1 Å². The number of hydrogen-bond donors (Lipinski definition) is 1. The Balaban J connectivity index is 1.90. The molecule has 0 aromatic carbocycles. The summed E-state index contributed by atoms with van der Waals surface area (Å²) in [5.74, 6) is 0. The molecule has 1 radical (unpaired) electrons. The highest BCUT2D eigenvalue weighted by atomic mass is 16.5. The van der Waals surface area contributed by atoms with Gasteiger partial charge >= 0.3 is 0 Å². The van der Waals surface area contributed by atoms with Gasteiger partial charge in [-0.3, -0.25) is 4.98 Å². The van der Waals surface area contributed by atoms with Crippen LogP contribution >= 0.6 is 0 Å². The van der Waals surface area contributed by atoms with Crippen LogP contribution in [0.1, 0.15) is 5.56 Å². The normalized spacial score (nSPS) is 22.9. The van der Waals surface area contributed by atoms with E-state index in [4.69, 9.17) is 4.74 Å². The van der Waals surface area contributed by atoms with Gasteiger partial charge in [0.15, 0.2) is 0 Å². The first-order valence-electron chi connectivity index (χ1n) is 4.58. The lowest BCUT2D eigenvalue weighted by molar-refractivity contribution is 0.0292. The molecule has 13 heavy (non-hydrogen) atoms. The molecule has 1 unspecified atom stereocenters. The Morgan fingerprint density at radius 3 is 3.38 bits per heavy atom. The fourth-order valence-electron chi connectivity index (χ4n) is 1.49. The van der Waals surface area contributed by atoms with E-state index in [2.05, 4.69) is 16.5 Å². The van der Waals surface area contributed by atoms with Gasteiger partial charge in [-0.05, 0) is 17.7 Å². The van der Waals surface area contributed by atoms with Gasteiger partial charge in [0.25, 0.3) is 0 Å². The second kappa shape index (κ2) is 4.35. The molecule has 1 fully saturated rings. The summed E-state index contributed by atoms with van der Waals surface area (Å²) in [5, 5.41) is 3.30. The first-order valence-corrected chi connectivity index (χ1v) is 4.58. The summed E-state index contributed by atoms with van der Waals surface area (Å²) in [6.07, 6.45) is 5.85. The van der Waals surface area contributed by atoms with Gasteiger partial charge in [0.1, 0.15) is 0 Å². The molecule has 1 aromatic heterocycles. The topological polar surface area (TPSA) is 34.1 Å². The third-order valence-corrected chi connectivity index (χ3v) is 2.16. The number of nitrogens with zero attached hydrogens (tertiary/aromatic N) is 1. The average Bonchev–Trinajstić information content (AvgIpc) is 2.21. The summed E-state index contributed by atoms with van der Waals surface area (Å²) in [6.45, 7) is 2.74. The highest BCUT2D eigenvalue weighted by Gasteiger charge is 2.13. The highest BCUT2D eigenvalue weighted by molar-refractivity contribution is 5.10. The van der Waals surface area contributed by atoms with E-state index in [1.165, 1.54) is 5.56 Å². The third kappa shape index (κ3) is 2.50. The molecule has 2 rings (SSSR count). The minimum absolute atomic E-state index is 0.310. The van der Waals surface area contributed by atoms with E-state index in [1.807, 2.05) is 12.1 Å². The number of ether oxygens (including phenoxy) is 1. The van der Waals surface area contributed by atoms with E-state index in [-0.39, 0.29) is 0 Å². The number of pyridine rings is 1. The van der Waals surface area contributed by atoms with Gasteiger partial charge in [-0.1, -0.05) is 0 Å². The van der Waals surface area contributed by atoms with E-state index >= 15 is 0 Å². The molecule has 1 atom stereocenters. The van der Waals surface area contributed by atoms with E-state index in [9.17, 15) is 0 Å². The number of hydrogen-bond acceptors (Lipinski definition) is 3. The first kappa shape index (κ1) is 8.66. The third-order valence-electron chi connectivity index (χ3n) is 2.16. The molecule has 3 nitrogen and oxygen atoms in total. The molecule has 0 amide bonds. The lowest BCUT2D eigenvalue weighted by Crippen LogP contribution is -2.39. The maximum absolute atomic E-state index is 5.59. The summed E-state index contributed by atoms with van der Waals surface area (Å²) < 4.78 is 5.59. The van der Waals surface area contributed by atoms with Gasteiger partial charge in [0.2, 0.25) is 0 Å². The Morgan fingerprint density at radius 1 is 1.69 bits per heavy atom. The lowest BCUT2D eigenvalue weighted by atomic mass is 10.1. The minimum Gasteiger partial charge on any atom is -0.375 e. The van der Waals surface area contributed by atoms with Crippen molar-refractivity contribution in [1.82, 2.24) is 10.3 Å². The molecule has 1 aromatic rings. The molecular formula is C10H13N2O. The van der Waals surface area contributed by atoms with E-state index in [1.54, 1.807) is 6.20 Å². The molecule has 2 heterocycles. The maximum atomic E-state index is 5.59. The second-order valence-electron chi connectivity index (χ2n) is 3.19. The van der Waals surface area contributed by atoms with Crippen LogP contribution in [0, 0.1) is 6.20 Å². The van der Waals surface area contributed by atoms with Crippen LogP contribution < -0.4 is 5.32 Å². The Morgan fingerprint density at radius 2 is 2.69 bits per heavy atom. The fourth-order valence-corrected chi connectivity index (χ4v) is 1.49. The Hall–Kier alpha value is -0.930. The zero-order valence-corrected chi connectivity index (χ0v) is 7.49. The lowest BCUT2D eigenvalue weighted by Gasteiger charge is -2.23. The van der Waals surface area contributed by atoms with Crippen LogP contribution in [0.25, 0.3) is 0 Å². The van der Waals surface area contributed by atoms with Crippen LogP contribution in [0.5, 0.6) is 0 Å². The van der Waals surface area contributed by atoms with Crippen molar-refractivity contribution in [2.24, 2.45) is 0 Å². The quantitative estimate of drug-likeness (QED) is 0.710. The van der Waals surface area contributed by atoms with Gasteiger partial charge in [-0.15, -0.1) is 0 Å². The van der Waals surface area contributed by atoms with Crippen LogP contribution in [0.15, 0.2) is 18.3 Å². The van der Waals surface area contributed by atoms with Gasteiger partial charge < -0.3 is 10.1 Å². The Bertz CT molecular complexity index is 244. The number of rotatable bonds is 2. The molecule has 69 valence electrons. The van der Waals surface area contributed by atoms with Gasteiger partial charge in [-0.25, -0.2) is 0 Å². The van der Waals surface area contributed by atoms with Crippen LogP contribution in [0.2, 0.25) is 0 Å². The molecule has 0 aliphatic carbocycles. The average molecular weight is 177 g/mol. The standard InChI is InChI=1S/C10H13N2O/c1-3-11-4-2-9(1)7-10-8-12-5-6-13-10/h1-3,10,12H,5-8H2. The Labute approximate surface area is 78.1 Å². The molecule has 1 saturated heterocycles. The van der Waals surface area contributed by atoms with Crippen molar-refractivity contribution in [3.8, 4) is 0 Å². The maximum Gasteiger partial charge on any atom is 0.0888 e. The van der Waals surface area contributed by atoms with E-state index in [0.29, 0.717) is 6.10 Å². The SMILES string of the molecule is [c]1cc(CC2CNCCO2)ccn1. The molecule has 1 aliphatic rings. The minimum atomic E-state index is 0.310. The van der Waals surface area contributed by atoms with Crippen molar-refractivity contribution in [1.29, 1.82) is 0 Å². The monoisotopic (exact) mass is 177 g/mol. The number of aromatic nitrogens is 1. The molecule has 3 heteroatoms. The first-order chi connectivity index (χ1) is 6.45. The van der Waals surface area contributed by atoms with Crippen molar-refractivity contribution < 1.29 is 4.74 Å². The summed E-state index contributed by atoms with van der Waals surface area (Å²) in [4.78, 5) is 3.86. The number of nitrogens with one attached hydrogen (secondary N) is 1. The van der Waals surface area contributed by atoms with Crippen molar-refractivity contribution in [2.45, 2.75) is 12.5 Å². The molecule has 0 bridgehead atoms. The van der Waals surface area contributed by atoms with Gasteiger partial charge in [0, 0.05) is 25.7 Å². The van der Waals surface area contributed by atoms with Crippen molar-refractivity contribution in [3.63, 3.8) is 0 Å². The zero-order chi connectivity index (χ0) is 8.93.